The molecule has 0 saturated carbocycles. The van der Waals surface area contributed by atoms with Gasteiger partial charge in [-0.2, -0.15) is 0 Å². The summed E-state index contributed by atoms with van der Waals surface area (Å²) in [7, 11) is 2.92. The van der Waals surface area contributed by atoms with Gasteiger partial charge in [-0.1, -0.05) is 13.3 Å². The molecule has 2 aromatic rings. The van der Waals surface area contributed by atoms with E-state index in [-0.39, 0.29) is 5.76 Å². The van der Waals surface area contributed by atoms with Crippen molar-refractivity contribution in [3.63, 3.8) is 0 Å². The number of aryl methyl sites for hydroxylation is 1. The Morgan fingerprint density at radius 3 is 2.71 bits per heavy atom. The number of benzene rings is 1. The summed E-state index contributed by atoms with van der Waals surface area (Å²) in [6.07, 6.45) is 1.52. The van der Waals surface area contributed by atoms with Crippen LogP contribution in [0.1, 0.15) is 29.6 Å². The van der Waals surface area contributed by atoms with Crippen molar-refractivity contribution in [2.75, 3.05) is 14.2 Å². The summed E-state index contributed by atoms with van der Waals surface area (Å²) >= 11 is 3.42. The molecule has 0 aliphatic rings. The molecule has 1 heterocycles. The third-order valence-corrected chi connectivity index (χ3v) is 3.57. The van der Waals surface area contributed by atoms with Crippen molar-refractivity contribution in [3.05, 3.63) is 34.1 Å². The monoisotopic (exact) mass is 353 g/mol. The van der Waals surface area contributed by atoms with E-state index in [0.717, 1.165) is 16.5 Å². The van der Waals surface area contributed by atoms with Crippen molar-refractivity contribution in [1.29, 1.82) is 0 Å². The molecular formula is C15H16BrNO4. The number of nitrogens with zero attached hydrogens (tertiary/aromatic N) is 1. The maximum absolute atomic E-state index is 11.7. The van der Waals surface area contributed by atoms with Crippen molar-refractivity contribution in [2.24, 2.45) is 0 Å². The topological polar surface area (TPSA) is 61.6 Å². The van der Waals surface area contributed by atoms with Crippen molar-refractivity contribution >= 4 is 21.9 Å². The van der Waals surface area contributed by atoms with Gasteiger partial charge in [0.1, 0.15) is 5.75 Å². The highest BCUT2D eigenvalue weighted by Gasteiger charge is 2.21. The van der Waals surface area contributed by atoms with Gasteiger partial charge in [-0.15, -0.1) is 0 Å². The Hall–Kier alpha value is -1.82. The number of halogens is 1. The molecule has 0 saturated heterocycles. The van der Waals surface area contributed by atoms with E-state index in [0.29, 0.717) is 23.8 Å². The number of hydrogen-bond donors (Lipinski definition) is 0. The number of carbonyl (C=O) groups excluding carboxylic acids is 1. The first-order valence-corrected chi connectivity index (χ1v) is 7.32. The first kappa shape index (κ1) is 15.6. The number of methoxy groups -OCH3 is 2. The fraction of sp³-hybridized carbons (Fsp3) is 0.333. The summed E-state index contributed by atoms with van der Waals surface area (Å²) in [5, 5.41) is 0. The van der Waals surface area contributed by atoms with E-state index < -0.39 is 5.97 Å². The highest BCUT2D eigenvalue weighted by Crippen LogP contribution is 2.31. The number of ether oxygens (including phenoxy) is 2. The van der Waals surface area contributed by atoms with Crippen LogP contribution in [0.2, 0.25) is 0 Å². The average molecular weight is 354 g/mol. The van der Waals surface area contributed by atoms with Crippen LogP contribution in [0.25, 0.3) is 11.5 Å². The van der Waals surface area contributed by atoms with Gasteiger partial charge >= 0.3 is 5.97 Å². The van der Waals surface area contributed by atoms with Gasteiger partial charge in [0.2, 0.25) is 11.7 Å². The van der Waals surface area contributed by atoms with Gasteiger partial charge in [0, 0.05) is 5.56 Å². The molecular weight excluding hydrogens is 338 g/mol. The molecule has 0 atom stereocenters. The second kappa shape index (κ2) is 6.76. The molecule has 0 unspecified atom stereocenters. The first-order chi connectivity index (χ1) is 10.1. The summed E-state index contributed by atoms with van der Waals surface area (Å²) in [6, 6.07) is 5.47. The molecule has 6 heteroatoms. The van der Waals surface area contributed by atoms with Gasteiger partial charge in [0.05, 0.1) is 24.4 Å². The molecule has 21 heavy (non-hydrogen) atoms. The number of esters is 1. The second-order valence-corrected chi connectivity index (χ2v) is 5.24. The number of rotatable bonds is 5. The van der Waals surface area contributed by atoms with Crippen LogP contribution in [0.3, 0.4) is 0 Å². The molecule has 0 spiro atoms. The minimum Gasteiger partial charge on any atom is -0.496 e. The van der Waals surface area contributed by atoms with Gasteiger partial charge in [-0.05, 0) is 40.5 Å². The zero-order valence-electron chi connectivity index (χ0n) is 12.1. The quantitative estimate of drug-likeness (QED) is 0.764. The highest BCUT2D eigenvalue weighted by atomic mass is 79.9. The van der Waals surface area contributed by atoms with Crippen molar-refractivity contribution in [1.82, 2.24) is 4.98 Å². The molecule has 112 valence electrons. The molecule has 0 bridgehead atoms. The molecule has 1 aromatic carbocycles. The fourth-order valence-corrected chi connectivity index (χ4v) is 2.47. The summed E-state index contributed by atoms with van der Waals surface area (Å²) in [5.41, 5.74) is 1.38. The Kier molecular flexibility index (Phi) is 5.01. The second-order valence-electron chi connectivity index (χ2n) is 4.39. The van der Waals surface area contributed by atoms with E-state index in [2.05, 4.69) is 20.9 Å². The lowest BCUT2D eigenvalue weighted by atomic mass is 10.2. The summed E-state index contributed by atoms with van der Waals surface area (Å²) in [5.74, 6) is 0.764. The molecule has 0 aliphatic heterocycles. The standard InChI is InChI=1S/C15H16BrNO4/c1-4-5-11-13(15(18)20-3)21-14(17-11)9-6-7-12(19-2)10(16)8-9/h6-8H,4-5H2,1-3H3. The third kappa shape index (κ3) is 3.26. The highest BCUT2D eigenvalue weighted by molar-refractivity contribution is 9.10. The molecule has 0 aliphatic carbocycles. The number of carbonyl (C=O) groups is 1. The van der Waals surface area contributed by atoms with Crippen LogP contribution in [0, 0.1) is 0 Å². The SMILES string of the molecule is CCCc1nc(-c2ccc(OC)c(Br)c2)oc1C(=O)OC. The fourth-order valence-electron chi connectivity index (χ4n) is 1.93. The normalized spacial score (nSPS) is 10.5. The lowest BCUT2D eigenvalue weighted by Gasteiger charge is -2.03. The van der Waals surface area contributed by atoms with Crippen molar-refractivity contribution < 1.29 is 18.7 Å². The van der Waals surface area contributed by atoms with Gasteiger partial charge < -0.3 is 13.9 Å². The van der Waals surface area contributed by atoms with Gasteiger partial charge in [0.25, 0.3) is 0 Å². The predicted octanol–water partition coefficient (Wildman–Crippen LogP) is 3.85. The molecule has 0 amide bonds. The van der Waals surface area contributed by atoms with Crippen LogP contribution < -0.4 is 4.74 Å². The Morgan fingerprint density at radius 2 is 2.14 bits per heavy atom. The summed E-state index contributed by atoms with van der Waals surface area (Å²) in [6.45, 7) is 2.01. The smallest absolute Gasteiger partial charge is 0.376 e. The van der Waals surface area contributed by atoms with Crippen molar-refractivity contribution in [2.45, 2.75) is 19.8 Å². The van der Waals surface area contributed by atoms with E-state index in [4.69, 9.17) is 13.9 Å². The Bertz CT molecular complexity index is 651. The molecule has 1 aromatic heterocycles. The lowest BCUT2D eigenvalue weighted by molar-refractivity contribution is 0.0564. The maximum Gasteiger partial charge on any atom is 0.376 e. The number of hydrogen-bond acceptors (Lipinski definition) is 5. The third-order valence-electron chi connectivity index (χ3n) is 2.95. The summed E-state index contributed by atoms with van der Waals surface area (Å²) in [4.78, 5) is 16.1. The van der Waals surface area contributed by atoms with Crippen LogP contribution in [0.4, 0.5) is 0 Å². The first-order valence-electron chi connectivity index (χ1n) is 6.52. The lowest BCUT2D eigenvalue weighted by Crippen LogP contribution is -2.03. The minimum absolute atomic E-state index is 0.168. The number of oxazole rings is 1. The van der Waals surface area contributed by atoms with Crippen LogP contribution in [-0.2, 0) is 11.2 Å². The van der Waals surface area contributed by atoms with Crippen LogP contribution in [0.5, 0.6) is 5.75 Å². The van der Waals surface area contributed by atoms with E-state index in [1.807, 2.05) is 19.1 Å². The maximum atomic E-state index is 11.7. The van der Waals surface area contributed by atoms with Gasteiger partial charge in [0.15, 0.2) is 0 Å². The molecule has 0 radical (unpaired) electrons. The van der Waals surface area contributed by atoms with Gasteiger partial charge in [-0.25, -0.2) is 9.78 Å². The van der Waals surface area contributed by atoms with E-state index in [9.17, 15) is 4.79 Å². The zero-order valence-corrected chi connectivity index (χ0v) is 13.7. The zero-order chi connectivity index (χ0) is 15.4. The molecule has 5 nitrogen and oxygen atoms in total. The minimum atomic E-state index is -0.509. The molecule has 2 rings (SSSR count). The Balaban J connectivity index is 2.44. The average Bonchev–Trinajstić information content (AvgIpc) is 2.91. The Labute approximate surface area is 131 Å². The largest absolute Gasteiger partial charge is 0.496 e. The van der Waals surface area contributed by atoms with E-state index >= 15 is 0 Å². The van der Waals surface area contributed by atoms with E-state index in [1.54, 1.807) is 13.2 Å². The Morgan fingerprint density at radius 1 is 1.38 bits per heavy atom. The van der Waals surface area contributed by atoms with Crippen LogP contribution >= 0.6 is 15.9 Å². The van der Waals surface area contributed by atoms with Crippen molar-refractivity contribution in [3.8, 4) is 17.2 Å². The van der Waals surface area contributed by atoms with E-state index in [1.165, 1.54) is 7.11 Å². The number of aromatic nitrogens is 1. The molecule has 0 N–H and O–H groups in total. The molecule has 0 fully saturated rings. The van der Waals surface area contributed by atoms with Crippen LogP contribution in [0.15, 0.2) is 27.1 Å². The predicted molar refractivity (Wildman–Crippen MR) is 81.5 cm³/mol. The van der Waals surface area contributed by atoms with Gasteiger partial charge in [-0.3, -0.25) is 0 Å². The van der Waals surface area contributed by atoms with Crippen LogP contribution in [-0.4, -0.2) is 25.2 Å². The summed E-state index contributed by atoms with van der Waals surface area (Å²) < 4.78 is 16.3.